The lowest BCUT2D eigenvalue weighted by atomic mass is 10.1. The van der Waals surface area contributed by atoms with Crippen LogP contribution in [-0.4, -0.2) is 58.4 Å². The number of carboxylic acid groups (broad SMARTS) is 1. The normalized spacial score (nSPS) is 23.8. The van der Waals surface area contributed by atoms with Crippen LogP contribution in [0.1, 0.15) is 23.2 Å². The van der Waals surface area contributed by atoms with Gasteiger partial charge >= 0.3 is 5.97 Å². The van der Waals surface area contributed by atoms with Gasteiger partial charge in [0.15, 0.2) is 0 Å². The number of likely N-dealkylation sites (tertiary alicyclic amines) is 2. The molecule has 24 heavy (non-hydrogen) atoms. The number of carbonyl (C=O) groups excluding carboxylic acids is 2. The van der Waals surface area contributed by atoms with E-state index in [1.165, 1.54) is 9.80 Å². The van der Waals surface area contributed by atoms with Gasteiger partial charge in [0.05, 0.1) is 17.5 Å². The van der Waals surface area contributed by atoms with Gasteiger partial charge in [0, 0.05) is 32.1 Å². The van der Waals surface area contributed by atoms with E-state index in [4.69, 9.17) is 5.11 Å². The lowest BCUT2D eigenvalue weighted by Gasteiger charge is -2.24. The van der Waals surface area contributed by atoms with Crippen LogP contribution in [0.3, 0.4) is 0 Å². The molecule has 6 nitrogen and oxygen atoms in total. The molecule has 3 rings (SSSR count). The first-order valence-corrected chi connectivity index (χ1v) is 7.63. The van der Waals surface area contributed by atoms with Gasteiger partial charge in [-0.05, 0) is 18.6 Å². The van der Waals surface area contributed by atoms with Crippen LogP contribution in [-0.2, 0) is 9.59 Å². The van der Waals surface area contributed by atoms with Gasteiger partial charge in [-0.15, -0.1) is 0 Å². The molecule has 2 unspecified atom stereocenters. The maximum absolute atomic E-state index is 13.7. The third-order valence-corrected chi connectivity index (χ3v) is 4.56. The third kappa shape index (κ3) is 2.95. The molecule has 1 aromatic carbocycles. The van der Waals surface area contributed by atoms with E-state index in [0.717, 1.165) is 12.1 Å². The summed E-state index contributed by atoms with van der Waals surface area (Å²) in [4.78, 5) is 38.2. The fourth-order valence-corrected chi connectivity index (χ4v) is 3.26. The second-order valence-corrected chi connectivity index (χ2v) is 6.10. The molecule has 1 N–H and O–H groups in total. The highest BCUT2D eigenvalue weighted by atomic mass is 19.1. The van der Waals surface area contributed by atoms with Gasteiger partial charge in [-0.3, -0.25) is 14.4 Å². The molecule has 2 saturated heterocycles. The maximum Gasteiger partial charge on any atom is 0.308 e. The van der Waals surface area contributed by atoms with Crippen molar-refractivity contribution in [1.29, 1.82) is 0 Å². The average molecular weight is 338 g/mol. The van der Waals surface area contributed by atoms with Crippen LogP contribution in [0.5, 0.6) is 0 Å². The van der Waals surface area contributed by atoms with Crippen molar-refractivity contribution in [2.75, 3.05) is 19.6 Å². The molecule has 8 heteroatoms. The quantitative estimate of drug-likeness (QED) is 0.896. The third-order valence-electron chi connectivity index (χ3n) is 4.56. The summed E-state index contributed by atoms with van der Waals surface area (Å²) in [5.41, 5.74) is -0.215. The minimum absolute atomic E-state index is 0.0353. The summed E-state index contributed by atoms with van der Waals surface area (Å²) >= 11 is 0. The molecule has 2 aliphatic heterocycles. The lowest BCUT2D eigenvalue weighted by Crippen LogP contribution is -2.40. The zero-order chi connectivity index (χ0) is 17.4. The molecule has 2 fully saturated rings. The van der Waals surface area contributed by atoms with E-state index in [1.807, 2.05) is 0 Å². The largest absolute Gasteiger partial charge is 0.481 e. The predicted molar refractivity (Wildman–Crippen MR) is 78.1 cm³/mol. The summed E-state index contributed by atoms with van der Waals surface area (Å²) in [7, 11) is 0. The standard InChI is InChI=1S/C16H16F2N2O4/c17-10-1-2-12(13(18)6-10)15(22)19-4-3-11(8-19)20-7-9(16(23)24)5-14(20)21/h1-2,6,9,11H,3-5,7-8H2,(H,23,24). The Balaban J connectivity index is 1.68. The highest BCUT2D eigenvalue weighted by Crippen LogP contribution is 2.26. The van der Waals surface area contributed by atoms with Crippen molar-refractivity contribution in [1.82, 2.24) is 9.80 Å². The number of carbonyl (C=O) groups is 3. The Morgan fingerprint density at radius 1 is 1.21 bits per heavy atom. The molecule has 2 aliphatic rings. The van der Waals surface area contributed by atoms with Crippen LogP contribution >= 0.6 is 0 Å². The van der Waals surface area contributed by atoms with E-state index in [-0.39, 0.29) is 37.0 Å². The zero-order valence-electron chi connectivity index (χ0n) is 12.7. The SMILES string of the molecule is O=C(O)C1CC(=O)N(C2CCN(C(=O)c3ccc(F)cc3F)C2)C1. The van der Waals surface area contributed by atoms with E-state index >= 15 is 0 Å². The number of hydrogen-bond donors (Lipinski definition) is 1. The Hall–Kier alpha value is -2.51. The Morgan fingerprint density at radius 2 is 1.96 bits per heavy atom. The molecular weight excluding hydrogens is 322 g/mol. The van der Waals surface area contributed by atoms with Crippen LogP contribution in [0.15, 0.2) is 18.2 Å². The van der Waals surface area contributed by atoms with Gasteiger partial charge in [0.1, 0.15) is 11.6 Å². The van der Waals surface area contributed by atoms with E-state index in [0.29, 0.717) is 19.0 Å². The van der Waals surface area contributed by atoms with Crippen molar-refractivity contribution in [2.24, 2.45) is 5.92 Å². The summed E-state index contributed by atoms with van der Waals surface area (Å²) in [6.45, 7) is 0.682. The Labute approximate surface area is 136 Å². The van der Waals surface area contributed by atoms with Gasteiger partial charge < -0.3 is 14.9 Å². The number of aliphatic carboxylic acids is 1. The van der Waals surface area contributed by atoms with E-state index in [9.17, 15) is 23.2 Å². The highest BCUT2D eigenvalue weighted by molar-refractivity contribution is 5.94. The fourth-order valence-electron chi connectivity index (χ4n) is 3.26. The number of amides is 2. The minimum atomic E-state index is -1.01. The lowest BCUT2D eigenvalue weighted by molar-refractivity contribution is -0.141. The minimum Gasteiger partial charge on any atom is -0.481 e. The highest BCUT2D eigenvalue weighted by Gasteiger charge is 2.41. The summed E-state index contributed by atoms with van der Waals surface area (Å²) in [6.07, 6.45) is 0.471. The van der Waals surface area contributed by atoms with E-state index in [1.54, 1.807) is 0 Å². The number of carboxylic acids is 1. The zero-order valence-corrected chi connectivity index (χ0v) is 12.7. The molecule has 0 aliphatic carbocycles. The second-order valence-electron chi connectivity index (χ2n) is 6.10. The van der Waals surface area contributed by atoms with Gasteiger partial charge in [0.2, 0.25) is 5.91 Å². The van der Waals surface area contributed by atoms with Crippen molar-refractivity contribution >= 4 is 17.8 Å². The molecule has 2 amide bonds. The maximum atomic E-state index is 13.7. The van der Waals surface area contributed by atoms with Gasteiger partial charge in [-0.1, -0.05) is 0 Å². The molecule has 0 saturated carbocycles. The van der Waals surface area contributed by atoms with Gasteiger partial charge in [0.25, 0.3) is 5.91 Å². The Morgan fingerprint density at radius 3 is 2.58 bits per heavy atom. The molecule has 1 aromatic rings. The van der Waals surface area contributed by atoms with E-state index in [2.05, 4.69) is 0 Å². The summed E-state index contributed by atoms with van der Waals surface area (Å²) in [5.74, 6) is -4.22. The summed E-state index contributed by atoms with van der Waals surface area (Å²) in [6, 6.07) is 2.50. The number of hydrogen-bond acceptors (Lipinski definition) is 3. The van der Waals surface area contributed by atoms with Crippen LogP contribution in [0.4, 0.5) is 8.78 Å². The van der Waals surface area contributed by atoms with Crippen molar-refractivity contribution in [3.63, 3.8) is 0 Å². The van der Waals surface area contributed by atoms with Gasteiger partial charge in [-0.2, -0.15) is 0 Å². The van der Waals surface area contributed by atoms with Crippen molar-refractivity contribution < 1.29 is 28.3 Å². The van der Waals surface area contributed by atoms with Gasteiger partial charge in [-0.25, -0.2) is 8.78 Å². The first-order valence-electron chi connectivity index (χ1n) is 7.63. The molecule has 0 bridgehead atoms. The van der Waals surface area contributed by atoms with Crippen LogP contribution in [0.2, 0.25) is 0 Å². The molecule has 128 valence electrons. The number of nitrogens with zero attached hydrogens (tertiary/aromatic N) is 2. The van der Waals surface area contributed by atoms with Crippen LogP contribution in [0.25, 0.3) is 0 Å². The van der Waals surface area contributed by atoms with Crippen molar-refractivity contribution in [3.05, 3.63) is 35.4 Å². The molecule has 0 aromatic heterocycles. The molecule has 2 heterocycles. The first-order chi connectivity index (χ1) is 11.4. The number of rotatable bonds is 3. The van der Waals surface area contributed by atoms with Crippen LogP contribution in [0, 0.1) is 17.6 Å². The topological polar surface area (TPSA) is 77.9 Å². The smallest absolute Gasteiger partial charge is 0.308 e. The van der Waals surface area contributed by atoms with Crippen molar-refractivity contribution in [3.8, 4) is 0 Å². The number of benzene rings is 1. The Bertz CT molecular complexity index is 709. The molecular formula is C16H16F2N2O4. The average Bonchev–Trinajstić information content (AvgIpc) is 3.13. The first kappa shape index (κ1) is 16.4. The fraction of sp³-hybridized carbons (Fsp3) is 0.438. The number of halogens is 2. The molecule has 0 radical (unpaired) electrons. The molecule has 2 atom stereocenters. The van der Waals surface area contributed by atoms with Crippen molar-refractivity contribution in [2.45, 2.75) is 18.9 Å². The van der Waals surface area contributed by atoms with E-state index < -0.39 is 29.4 Å². The monoisotopic (exact) mass is 338 g/mol. The molecule has 0 spiro atoms. The second kappa shape index (κ2) is 6.18. The summed E-state index contributed by atoms with van der Waals surface area (Å²) in [5, 5.41) is 9.02. The van der Waals surface area contributed by atoms with Crippen LogP contribution < -0.4 is 0 Å². The predicted octanol–water partition coefficient (Wildman–Crippen LogP) is 1.11. The summed E-state index contributed by atoms with van der Waals surface area (Å²) < 4.78 is 26.7. The Kier molecular flexibility index (Phi) is 4.21.